The lowest BCUT2D eigenvalue weighted by Crippen LogP contribution is -2.23. The number of ether oxygens (including phenoxy) is 1. The Morgan fingerprint density at radius 3 is 2.91 bits per heavy atom. The molecule has 0 saturated heterocycles. The van der Waals surface area contributed by atoms with Crippen LogP contribution in [0.5, 0.6) is 5.75 Å². The van der Waals surface area contributed by atoms with Crippen LogP contribution in [0, 0.1) is 10.1 Å². The predicted molar refractivity (Wildman–Crippen MR) is 84.3 cm³/mol. The van der Waals surface area contributed by atoms with Crippen LogP contribution < -0.4 is 4.74 Å². The number of imidazole rings is 1. The normalized spacial score (nSPS) is 12.2. The number of para-hydroxylation sites is 2. The van der Waals surface area contributed by atoms with Gasteiger partial charge in [0.05, 0.1) is 34.9 Å². The Kier molecular flexibility index (Phi) is 4.20. The Balaban J connectivity index is 1.62. The third-order valence-electron chi connectivity index (χ3n) is 3.41. The second-order valence-corrected chi connectivity index (χ2v) is 5.10. The van der Waals surface area contributed by atoms with Crippen molar-refractivity contribution < 1.29 is 14.8 Å². The van der Waals surface area contributed by atoms with E-state index in [0.29, 0.717) is 12.3 Å². The van der Waals surface area contributed by atoms with Gasteiger partial charge in [0.1, 0.15) is 18.5 Å². The number of aliphatic hydroxyl groups is 1. The molecule has 0 aliphatic carbocycles. The van der Waals surface area contributed by atoms with Crippen LogP contribution in [0.1, 0.15) is 0 Å². The van der Waals surface area contributed by atoms with E-state index in [1.54, 1.807) is 18.5 Å². The molecule has 1 N–H and O–H groups in total. The number of rotatable bonds is 6. The lowest BCUT2D eigenvalue weighted by molar-refractivity contribution is -0.384. The maximum absolute atomic E-state index is 10.7. The van der Waals surface area contributed by atoms with E-state index in [4.69, 9.17) is 4.74 Å². The summed E-state index contributed by atoms with van der Waals surface area (Å²) >= 11 is 0. The fourth-order valence-corrected chi connectivity index (χ4v) is 2.31. The Bertz CT molecular complexity index is 831. The van der Waals surface area contributed by atoms with Crippen LogP contribution in [0.25, 0.3) is 11.0 Å². The number of benzene rings is 2. The van der Waals surface area contributed by atoms with Crippen molar-refractivity contribution in [1.82, 2.24) is 9.55 Å². The van der Waals surface area contributed by atoms with Gasteiger partial charge in [0.15, 0.2) is 0 Å². The number of aliphatic hydroxyl groups excluding tert-OH is 1. The minimum absolute atomic E-state index is 0.0354. The number of hydrogen-bond acceptors (Lipinski definition) is 5. The van der Waals surface area contributed by atoms with E-state index >= 15 is 0 Å². The second-order valence-electron chi connectivity index (χ2n) is 5.10. The number of nitro groups is 1. The number of nitrogens with zero attached hydrogens (tertiary/aromatic N) is 3. The number of aromatic nitrogens is 2. The van der Waals surface area contributed by atoms with Crippen molar-refractivity contribution in [3.05, 3.63) is 65.0 Å². The molecule has 1 heterocycles. The zero-order chi connectivity index (χ0) is 16.2. The van der Waals surface area contributed by atoms with E-state index in [1.165, 1.54) is 12.1 Å². The molecule has 1 aromatic heterocycles. The first-order valence-corrected chi connectivity index (χ1v) is 7.08. The molecule has 7 heteroatoms. The number of hydrogen-bond donors (Lipinski definition) is 1. The van der Waals surface area contributed by atoms with Crippen molar-refractivity contribution in [2.45, 2.75) is 12.6 Å². The third kappa shape index (κ3) is 3.46. The van der Waals surface area contributed by atoms with Gasteiger partial charge in [-0.1, -0.05) is 18.2 Å². The molecule has 0 fully saturated rings. The molecule has 3 aromatic rings. The van der Waals surface area contributed by atoms with Crippen LogP contribution in [-0.4, -0.2) is 32.3 Å². The molecule has 23 heavy (non-hydrogen) atoms. The lowest BCUT2D eigenvalue weighted by Gasteiger charge is -2.13. The highest BCUT2D eigenvalue weighted by Crippen LogP contribution is 2.19. The fourth-order valence-electron chi connectivity index (χ4n) is 2.31. The van der Waals surface area contributed by atoms with Crippen LogP contribution >= 0.6 is 0 Å². The number of fused-ring (bicyclic) bond motifs is 1. The van der Waals surface area contributed by atoms with Crippen molar-refractivity contribution >= 4 is 16.7 Å². The van der Waals surface area contributed by atoms with Crippen LogP contribution in [0.15, 0.2) is 54.9 Å². The Morgan fingerprint density at radius 1 is 1.26 bits per heavy atom. The average molecular weight is 313 g/mol. The van der Waals surface area contributed by atoms with E-state index in [1.807, 2.05) is 28.8 Å². The van der Waals surface area contributed by atoms with Gasteiger partial charge in [-0.3, -0.25) is 10.1 Å². The van der Waals surface area contributed by atoms with Gasteiger partial charge in [-0.05, 0) is 18.2 Å². The summed E-state index contributed by atoms with van der Waals surface area (Å²) in [6.07, 6.45) is 0.910. The van der Waals surface area contributed by atoms with E-state index in [9.17, 15) is 15.2 Å². The van der Waals surface area contributed by atoms with Crippen molar-refractivity contribution in [1.29, 1.82) is 0 Å². The molecule has 0 amide bonds. The number of non-ortho nitro benzene ring substituents is 1. The SMILES string of the molecule is O=[N+]([O-])c1cccc(OC[C@@H](O)Cn2cnc3ccccc32)c1. The summed E-state index contributed by atoms with van der Waals surface area (Å²) in [5.74, 6) is 0.355. The lowest BCUT2D eigenvalue weighted by atomic mass is 10.3. The first kappa shape index (κ1) is 15.0. The third-order valence-corrected chi connectivity index (χ3v) is 3.41. The van der Waals surface area contributed by atoms with Gasteiger partial charge in [-0.15, -0.1) is 0 Å². The average Bonchev–Trinajstić information content (AvgIpc) is 2.96. The van der Waals surface area contributed by atoms with Gasteiger partial charge in [-0.2, -0.15) is 0 Å². The van der Waals surface area contributed by atoms with E-state index in [0.717, 1.165) is 11.0 Å². The summed E-state index contributed by atoms with van der Waals surface area (Å²) in [5, 5.41) is 20.8. The van der Waals surface area contributed by atoms with Gasteiger partial charge in [0.2, 0.25) is 0 Å². The smallest absolute Gasteiger partial charge is 0.273 e. The van der Waals surface area contributed by atoms with Gasteiger partial charge >= 0.3 is 0 Å². The molecule has 0 aliphatic heterocycles. The number of nitro benzene ring substituents is 1. The summed E-state index contributed by atoms with van der Waals surface area (Å²) < 4.78 is 7.28. The molecule has 118 valence electrons. The summed E-state index contributed by atoms with van der Waals surface area (Å²) in [6.45, 7) is 0.364. The maximum atomic E-state index is 10.7. The molecule has 7 nitrogen and oxygen atoms in total. The summed E-state index contributed by atoms with van der Waals surface area (Å²) in [7, 11) is 0. The minimum atomic E-state index is -0.758. The van der Waals surface area contributed by atoms with E-state index in [-0.39, 0.29) is 12.3 Å². The zero-order valence-electron chi connectivity index (χ0n) is 12.2. The molecule has 0 spiro atoms. The summed E-state index contributed by atoms with van der Waals surface area (Å²) in [6, 6.07) is 13.5. The van der Waals surface area contributed by atoms with Gasteiger partial charge in [0.25, 0.3) is 5.69 Å². The quantitative estimate of drug-likeness (QED) is 0.557. The van der Waals surface area contributed by atoms with Crippen LogP contribution in [0.4, 0.5) is 5.69 Å². The molecule has 1 atom stereocenters. The summed E-state index contributed by atoms with van der Waals surface area (Å²) in [5.41, 5.74) is 1.75. The first-order chi connectivity index (χ1) is 11.1. The van der Waals surface area contributed by atoms with E-state index in [2.05, 4.69) is 4.98 Å². The molecule has 0 saturated carbocycles. The molecule has 0 unspecified atom stereocenters. The highest BCUT2D eigenvalue weighted by molar-refractivity contribution is 5.74. The molecular weight excluding hydrogens is 298 g/mol. The van der Waals surface area contributed by atoms with Gasteiger partial charge in [-0.25, -0.2) is 4.98 Å². The van der Waals surface area contributed by atoms with Crippen LogP contribution in [0.3, 0.4) is 0 Å². The van der Waals surface area contributed by atoms with Gasteiger partial charge < -0.3 is 14.4 Å². The predicted octanol–water partition coefficient (Wildman–Crippen LogP) is 2.38. The molecule has 0 aliphatic rings. The molecule has 0 radical (unpaired) electrons. The minimum Gasteiger partial charge on any atom is -0.491 e. The van der Waals surface area contributed by atoms with Gasteiger partial charge in [0, 0.05) is 6.07 Å². The zero-order valence-corrected chi connectivity index (χ0v) is 12.2. The molecule has 3 rings (SSSR count). The summed E-state index contributed by atoms with van der Waals surface area (Å²) in [4.78, 5) is 14.5. The largest absolute Gasteiger partial charge is 0.491 e. The molecule has 2 aromatic carbocycles. The van der Waals surface area contributed by atoms with Crippen molar-refractivity contribution in [3.8, 4) is 5.75 Å². The van der Waals surface area contributed by atoms with Crippen LogP contribution in [-0.2, 0) is 6.54 Å². The highest BCUT2D eigenvalue weighted by Gasteiger charge is 2.11. The van der Waals surface area contributed by atoms with E-state index < -0.39 is 11.0 Å². The van der Waals surface area contributed by atoms with Crippen LogP contribution in [0.2, 0.25) is 0 Å². The maximum Gasteiger partial charge on any atom is 0.273 e. The van der Waals surface area contributed by atoms with Crippen molar-refractivity contribution in [3.63, 3.8) is 0 Å². The molecule has 0 bridgehead atoms. The Labute approximate surface area is 131 Å². The standard InChI is InChI=1S/C16H15N3O4/c20-13(9-18-11-17-15-6-1-2-7-16(15)18)10-23-14-5-3-4-12(8-14)19(21)22/h1-8,11,13,20H,9-10H2/t13-/m0/s1. The first-order valence-electron chi connectivity index (χ1n) is 7.08. The monoisotopic (exact) mass is 313 g/mol. The van der Waals surface area contributed by atoms with Crippen molar-refractivity contribution in [2.24, 2.45) is 0 Å². The topological polar surface area (TPSA) is 90.4 Å². The molecular formula is C16H15N3O4. The fraction of sp³-hybridized carbons (Fsp3) is 0.188. The Hall–Kier alpha value is -2.93. The highest BCUT2D eigenvalue weighted by atomic mass is 16.6. The Morgan fingerprint density at radius 2 is 2.09 bits per heavy atom. The van der Waals surface area contributed by atoms with Crippen molar-refractivity contribution in [2.75, 3.05) is 6.61 Å². The second kappa shape index (κ2) is 6.45.